The minimum atomic E-state index is -3.37. The summed E-state index contributed by atoms with van der Waals surface area (Å²) in [5.74, 6) is -0.00802. The summed E-state index contributed by atoms with van der Waals surface area (Å²) < 4.78 is 26.4. The third kappa shape index (κ3) is 5.01. The Morgan fingerprint density at radius 1 is 1.00 bits per heavy atom. The molecule has 6 nitrogen and oxygen atoms in total. The van der Waals surface area contributed by atoms with Crippen LogP contribution < -0.4 is 9.62 Å². The molecule has 1 amide bonds. The van der Waals surface area contributed by atoms with Crippen LogP contribution in [0.15, 0.2) is 54.6 Å². The van der Waals surface area contributed by atoms with Crippen molar-refractivity contribution in [3.05, 3.63) is 60.2 Å². The summed E-state index contributed by atoms with van der Waals surface area (Å²) in [7, 11) is -3.37. The third-order valence-corrected chi connectivity index (χ3v) is 6.04. The monoisotopic (exact) mass is 387 g/mol. The van der Waals surface area contributed by atoms with E-state index in [1.165, 1.54) is 0 Å². The van der Waals surface area contributed by atoms with Crippen LogP contribution in [-0.4, -0.2) is 51.2 Å². The number of para-hydroxylation sites is 1. The van der Waals surface area contributed by atoms with E-state index in [0.717, 1.165) is 18.8 Å². The molecule has 2 aromatic rings. The fraction of sp³-hybridized carbons (Fsp3) is 0.350. The average molecular weight is 388 g/mol. The lowest BCUT2D eigenvalue weighted by molar-refractivity contribution is 0.0747. The van der Waals surface area contributed by atoms with Gasteiger partial charge in [-0.2, -0.15) is 0 Å². The fourth-order valence-electron chi connectivity index (χ4n) is 3.20. The van der Waals surface area contributed by atoms with Crippen molar-refractivity contribution in [2.45, 2.75) is 13.3 Å². The Kier molecular flexibility index (Phi) is 6.01. The van der Waals surface area contributed by atoms with E-state index < -0.39 is 10.0 Å². The Bertz CT molecular complexity index is 876. The van der Waals surface area contributed by atoms with Gasteiger partial charge in [0.25, 0.3) is 5.91 Å². The van der Waals surface area contributed by atoms with Gasteiger partial charge >= 0.3 is 0 Å². The highest BCUT2D eigenvalue weighted by atomic mass is 32.2. The highest BCUT2D eigenvalue weighted by Crippen LogP contribution is 2.18. The van der Waals surface area contributed by atoms with Crippen molar-refractivity contribution in [2.24, 2.45) is 0 Å². The molecule has 7 heteroatoms. The minimum Gasteiger partial charge on any atom is -0.368 e. The van der Waals surface area contributed by atoms with Crippen LogP contribution in [0.2, 0.25) is 0 Å². The van der Waals surface area contributed by atoms with Crippen molar-refractivity contribution >= 4 is 27.3 Å². The zero-order chi connectivity index (χ0) is 19.3. The first-order valence-corrected chi connectivity index (χ1v) is 10.8. The number of hydrogen-bond acceptors (Lipinski definition) is 4. The minimum absolute atomic E-state index is 0.0621. The molecule has 0 aromatic heterocycles. The summed E-state index contributed by atoms with van der Waals surface area (Å²) in [6.45, 7) is 4.64. The maximum atomic E-state index is 12.8. The molecule has 1 aliphatic heterocycles. The van der Waals surface area contributed by atoms with E-state index in [1.54, 1.807) is 24.3 Å². The number of benzene rings is 2. The summed E-state index contributed by atoms with van der Waals surface area (Å²) in [6, 6.07) is 16.9. The van der Waals surface area contributed by atoms with Crippen LogP contribution in [-0.2, 0) is 10.0 Å². The fourth-order valence-corrected chi connectivity index (χ4v) is 4.33. The molecule has 0 unspecified atom stereocenters. The zero-order valence-electron chi connectivity index (χ0n) is 15.5. The van der Waals surface area contributed by atoms with Gasteiger partial charge in [-0.1, -0.05) is 31.2 Å². The lowest BCUT2D eigenvalue weighted by Crippen LogP contribution is -2.48. The molecule has 0 bridgehead atoms. The molecule has 0 atom stereocenters. The van der Waals surface area contributed by atoms with Gasteiger partial charge < -0.3 is 9.80 Å². The number of sulfonamides is 1. The molecular weight excluding hydrogens is 362 g/mol. The van der Waals surface area contributed by atoms with E-state index in [0.29, 0.717) is 30.8 Å². The average Bonchev–Trinajstić information content (AvgIpc) is 2.68. The number of hydrogen-bond donors (Lipinski definition) is 1. The molecule has 1 heterocycles. The first-order valence-electron chi connectivity index (χ1n) is 9.18. The first kappa shape index (κ1) is 19.2. The first-order chi connectivity index (χ1) is 13.0. The van der Waals surface area contributed by atoms with E-state index in [-0.39, 0.29) is 11.7 Å². The Balaban J connectivity index is 1.64. The molecule has 1 aliphatic rings. The van der Waals surface area contributed by atoms with Crippen molar-refractivity contribution in [3.63, 3.8) is 0 Å². The van der Waals surface area contributed by atoms with Gasteiger partial charge in [-0.15, -0.1) is 0 Å². The van der Waals surface area contributed by atoms with E-state index >= 15 is 0 Å². The summed E-state index contributed by atoms with van der Waals surface area (Å²) in [4.78, 5) is 16.9. The molecule has 27 heavy (non-hydrogen) atoms. The predicted octanol–water partition coefficient (Wildman–Crippen LogP) is 2.80. The standard InChI is InChI=1S/C20H25N3O3S/c1-2-15-27(25,26)21-18-8-6-7-17(16-18)20(24)23-13-11-22(12-14-23)19-9-4-3-5-10-19/h3-10,16,21H,2,11-15H2,1H3. The van der Waals surface area contributed by atoms with Gasteiger partial charge in [0.05, 0.1) is 5.75 Å². The third-order valence-electron chi connectivity index (χ3n) is 4.54. The van der Waals surface area contributed by atoms with E-state index in [1.807, 2.05) is 30.0 Å². The number of rotatable bonds is 6. The Morgan fingerprint density at radius 3 is 2.37 bits per heavy atom. The summed E-state index contributed by atoms with van der Waals surface area (Å²) in [6.07, 6.45) is 0.541. The maximum absolute atomic E-state index is 12.8. The molecule has 144 valence electrons. The number of nitrogens with zero attached hydrogens (tertiary/aromatic N) is 2. The topological polar surface area (TPSA) is 69.7 Å². The molecule has 1 N–H and O–H groups in total. The van der Waals surface area contributed by atoms with Gasteiger partial charge in [0.1, 0.15) is 0 Å². The molecule has 2 aromatic carbocycles. The largest absolute Gasteiger partial charge is 0.368 e. The number of carbonyl (C=O) groups is 1. The second-order valence-electron chi connectivity index (χ2n) is 6.62. The van der Waals surface area contributed by atoms with Crippen molar-refractivity contribution in [1.29, 1.82) is 0 Å². The summed E-state index contributed by atoms with van der Waals surface area (Å²) in [5, 5.41) is 0. The van der Waals surface area contributed by atoms with Crippen LogP contribution in [0.25, 0.3) is 0 Å². The van der Waals surface area contributed by atoms with Gasteiger partial charge in [-0.05, 0) is 36.8 Å². The molecule has 1 fully saturated rings. The van der Waals surface area contributed by atoms with Crippen molar-refractivity contribution in [3.8, 4) is 0 Å². The van der Waals surface area contributed by atoms with Gasteiger partial charge in [-0.3, -0.25) is 9.52 Å². The van der Waals surface area contributed by atoms with Crippen LogP contribution in [0, 0.1) is 0 Å². The predicted molar refractivity (Wildman–Crippen MR) is 109 cm³/mol. The Hall–Kier alpha value is -2.54. The van der Waals surface area contributed by atoms with Crippen LogP contribution >= 0.6 is 0 Å². The maximum Gasteiger partial charge on any atom is 0.254 e. The van der Waals surface area contributed by atoms with Crippen LogP contribution in [0.4, 0.5) is 11.4 Å². The van der Waals surface area contributed by atoms with Gasteiger partial charge in [0.2, 0.25) is 10.0 Å². The second kappa shape index (κ2) is 8.43. The number of amides is 1. The normalized spacial score (nSPS) is 14.9. The smallest absolute Gasteiger partial charge is 0.254 e. The SMILES string of the molecule is CCCS(=O)(=O)Nc1cccc(C(=O)N2CCN(c3ccccc3)CC2)c1. The number of piperazine rings is 1. The highest BCUT2D eigenvalue weighted by Gasteiger charge is 2.22. The van der Waals surface area contributed by atoms with Crippen LogP contribution in [0.1, 0.15) is 23.7 Å². The number of carbonyl (C=O) groups excluding carboxylic acids is 1. The van der Waals surface area contributed by atoms with Crippen molar-refractivity contribution < 1.29 is 13.2 Å². The molecule has 0 radical (unpaired) electrons. The second-order valence-corrected chi connectivity index (χ2v) is 8.46. The quantitative estimate of drug-likeness (QED) is 0.827. The molecular formula is C20H25N3O3S. The Morgan fingerprint density at radius 2 is 1.70 bits per heavy atom. The molecule has 0 saturated carbocycles. The van der Waals surface area contributed by atoms with E-state index in [9.17, 15) is 13.2 Å². The highest BCUT2D eigenvalue weighted by molar-refractivity contribution is 7.92. The molecule has 0 aliphatic carbocycles. The van der Waals surface area contributed by atoms with Crippen molar-refractivity contribution in [1.82, 2.24) is 4.90 Å². The van der Waals surface area contributed by atoms with Gasteiger partial charge in [0, 0.05) is 43.1 Å². The zero-order valence-corrected chi connectivity index (χ0v) is 16.3. The lowest BCUT2D eigenvalue weighted by atomic mass is 10.1. The van der Waals surface area contributed by atoms with Crippen LogP contribution in [0.5, 0.6) is 0 Å². The van der Waals surface area contributed by atoms with Crippen molar-refractivity contribution in [2.75, 3.05) is 41.6 Å². The van der Waals surface area contributed by atoms with Gasteiger partial charge in [0.15, 0.2) is 0 Å². The molecule has 0 spiro atoms. The van der Waals surface area contributed by atoms with E-state index in [2.05, 4.69) is 21.8 Å². The number of nitrogens with one attached hydrogen (secondary N) is 1. The molecule has 3 rings (SSSR count). The molecule has 1 saturated heterocycles. The lowest BCUT2D eigenvalue weighted by Gasteiger charge is -2.36. The van der Waals surface area contributed by atoms with Crippen LogP contribution in [0.3, 0.4) is 0 Å². The number of anilines is 2. The Labute approximate surface area is 160 Å². The summed E-state index contributed by atoms with van der Waals surface area (Å²) >= 11 is 0. The van der Waals surface area contributed by atoms with Gasteiger partial charge in [-0.25, -0.2) is 8.42 Å². The summed E-state index contributed by atoms with van der Waals surface area (Å²) in [5.41, 5.74) is 2.09. The van der Waals surface area contributed by atoms with E-state index in [4.69, 9.17) is 0 Å².